The van der Waals surface area contributed by atoms with E-state index in [1.54, 1.807) is 34.5 Å². The van der Waals surface area contributed by atoms with Gasteiger partial charge in [-0.05, 0) is 12.1 Å². The Bertz CT molecular complexity index is 827. The molecule has 1 saturated heterocycles. The normalized spacial score (nSPS) is 20.5. The molecule has 2 aliphatic rings. The zero-order chi connectivity index (χ0) is 15.3. The van der Waals surface area contributed by atoms with Crippen LogP contribution in [0.5, 0.6) is 0 Å². The first-order valence-corrected chi connectivity index (χ1v) is 8.02. The van der Waals surface area contributed by atoms with E-state index in [0.717, 1.165) is 11.3 Å². The monoisotopic (exact) mass is 316 g/mol. The number of carboxylic acids is 1. The van der Waals surface area contributed by atoms with Gasteiger partial charge < -0.3 is 10.0 Å². The van der Waals surface area contributed by atoms with Gasteiger partial charge in [-0.15, -0.1) is 11.8 Å². The second-order valence-electron chi connectivity index (χ2n) is 5.48. The first-order chi connectivity index (χ1) is 10.6. The molecule has 1 fully saturated rings. The Balaban J connectivity index is 1.60. The molecule has 0 radical (unpaired) electrons. The molecule has 112 valence electrons. The number of carbonyl (C=O) groups excluding carboxylic acids is 1. The number of carbonyl (C=O) groups is 2. The van der Waals surface area contributed by atoms with Crippen molar-refractivity contribution in [1.82, 2.24) is 9.30 Å². The predicted octanol–water partition coefficient (Wildman–Crippen LogP) is 1.11. The highest BCUT2D eigenvalue weighted by molar-refractivity contribution is 8.00. The minimum Gasteiger partial charge on any atom is -0.477 e. The Kier molecular flexibility index (Phi) is 2.97. The van der Waals surface area contributed by atoms with E-state index in [9.17, 15) is 9.59 Å². The lowest BCUT2D eigenvalue weighted by atomic mass is 10.2. The van der Waals surface area contributed by atoms with Crippen molar-refractivity contribution in [3.8, 4) is 0 Å². The second kappa shape index (κ2) is 4.88. The fourth-order valence-electron chi connectivity index (χ4n) is 2.83. The number of carboxylic acid groups (broad SMARTS) is 1. The van der Waals surface area contributed by atoms with E-state index < -0.39 is 5.97 Å². The van der Waals surface area contributed by atoms with Crippen LogP contribution >= 0.6 is 11.8 Å². The second-order valence-corrected chi connectivity index (χ2v) is 6.64. The maximum absolute atomic E-state index is 11.5. The lowest BCUT2D eigenvalue weighted by Crippen LogP contribution is -2.50. The van der Waals surface area contributed by atoms with Gasteiger partial charge in [0, 0.05) is 17.5 Å². The Hall–Kier alpha value is -2.28. The third-order valence-corrected chi connectivity index (χ3v) is 5.31. The summed E-state index contributed by atoms with van der Waals surface area (Å²) < 4.78 is 3.66. The van der Waals surface area contributed by atoms with Gasteiger partial charge in [0.2, 0.25) is 5.91 Å². The number of β-lactam (4-membered cyclic amide) rings is 1. The van der Waals surface area contributed by atoms with Gasteiger partial charge in [-0.3, -0.25) is 9.20 Å². The van der Waals surface area contributed by atoms with Crippen LogP contribution in [-0.2, 0) is 11.3 Å². The van der Waals surface area contributed by atoms with Gasteiger partial charge in [0.05, 0.1) is 18.0 Å². The van der Waals surface area contributed by atoms with Gasteiger partial charge in [-0.1, -0.05) is 0 Å². The molecular weight excluding hydrogens is 302 g/mol. The fraction of sp³-hybridized carbons (Fsp3) is 0.267. The van der Waals surface area contributed by atoms with Crippen molar-refractivity contribution in [2.75, 3.05) is 5.75 Å². The van der Waals surface area contributed by atoms with Crippen LogP contribution in [0.15, 0.2) is 42.5 Å². The van der Waals surface area contributed by atoms with Gasteiger partial charge >= 0.3 is 5.97 Å². The number of fused-ring (bicyclic) bond motifs is 2. The largest absolute Gasteiger partial charge is 0.477 e. The molecule has 0 spiro atoms. The molecule has 0 aromatic carbocycles. The number of hydrogen-bond donors (Lipinski definition) is 1. The third kappa shape index (κ3) is 2.09. The predicted molar refractivity (Wildman–Crippen MR) is 80.3 cm³/mol. The number of hydrogen-bond acceptors (Lipinski definition) is 3. The van der Waals surface area contributed by atoms with Crippen molar-refractivity contribution in [3.05, 3.63) is 48.2 Å². The summed E-state index contributed by atoms with van der Waals surface area (Å²) in [5.74, 6) is 0.174. The molecule has 22 heavy (non-hydrogen) atoms. The molecule has 2 aromatic rings. The van der Waals surface area contributed by atoms with Gasteiger partial charge in [0.25, 0.3) is 0 Å². The van der Waals surface area contributed by atoms with Gasteiger partial charge in [0.15, 0.2) is 18.9 Å². The first kappa shape index (κ1) is 13.4. The quantitative estimate of drug-likeness (QED) is 0.680. The summed E-state index contributed by atoms with van der Waals surface area (Å²) in [5.41, 5.74) is 2.28. The SMILES string of the molecule is O=C(O)c1ccc2c[n+](CC3=CN4C(=O)C[C@@H]4SC3)ccn12. The van der Waals surface area contributed by atoms with Crippen LogP contribution in [0.25, 0.3) is 5.52 Å². The third-order valence-electron chi connectivity index (χ3n) is 3.99. The summed E-state index contributed by atoms with van der Waals surface area (Å²) in [6.07, 6.45) is 8.14. The summed E-state index contributed by atoms with van der Waals surface area (Å²) in [7, 11) is 0. The van der Waals surface area contributed by atoms with Crippen molar-refractivity contribution in [2.45, 2.75) is 18.3 Å². The highest BCUT2D eigenvalue weighted by atomic mass is 32.2. The van der Waals surface area contributed by atoms with E-state index >= 15 is 0 Å². The number of aromatic nitrogens is 2. The zero-order valence-corrected chi connectivity index (χ0v) is 12.5. The Morgan fingerprint density at radius 1 is 1.45 bits per heavy atom. The molecule has 4 rings (SSSR count). The van der Waals surface area contributed by atoms with Crippen molar-refractivity contribution in [2.24, 2.45) is 0 Å². The highest BCUT2D eigenvalue weighted by Gasteiger charge is 2.38. The molecule has 7 heteroatoms. The maximum Gasteiger partial charge on any atom is 0.352 e. The number of nitrogens with zero attached hydrogens (tertiary/aromatic N) is 3. The van der Waals surface area contributed by atoms with E-state index in [1.165, 1.54) is 5.57 Å². The summed E-state index contributed by atoms with van der Waals surface area (Å²) in [4.78, 5) is 24.4. The van der Waals surface area contributed by atoms with Crippen LogP contribution < -0.4 is 4.57 Å². The first-order valence-electron chi connectivity index (χ1n) is 6.97. The topological polar surface area (TPSA) is 65.9 Å². The average Bonchev–Trinajstić information content (AvgIpc) is 2.91. The van der Waals surface area contributed by atoms with Crippen molar-refractivity contribution in [1.29, 1.82) is 0 Å². The molecule has 1 N–H and O–H groups in total. The molecule has 2 aromatic heterocycles. The summed E-state index contributed by atoms with van der Waals surface area (Å²) in [6, 6.07) is 3.39. The molecule has 1 amide bonds. The number of rotatable bonds is 3. The lowest BCUT2D eigenvalue weighted by Gasteiger charge is -2.40. The molecule has 0 aliphatic carbocycles. The summed E-state index contributed by atoms with van der Waals surface area (Å²) >= 11 is 1.80. The van der Waals surface area contributed by atoms with E-state index in [-0.39, 0.29) is 11.6 Å². The molecular formula is C15H14N3O3S+. The summed E-state index contributed by atoms with van der Waals surface area (Å²) in [5, 5.41) is 9.44. The van der Waals surface area contributed by atoms with E-state index in [2.05, 4.69) is 0 Å². The molecule has 0 unspecified atom stereocenters. The number of amides is 1. The van der Waals surface area contributed by atoms with Gasteiger partial charge in [-0.2, -0.15) is 4.57 Å². The zero-order valence-electron chi connectivity index (χ0n) is 11.7. The number of thioether (sulfide) groups is 1. The van der Waals surface area contributed by atoms with E-state index in [0.29, 0.717) is 18.3 Å². The molecule has 1 atom stereocenters. The van der Waals surface area contributed by atoms with Crippen molar-refractivity contribution >= 4 is 29.2 Å². The fourth-order valence-corrected chi connectivity index (χ4v) is 4.00. The smallest absolute Gasteiger partial charge is 0.352 e. The maximum atomic E-state index is 11.5. The van der Waals surface area contributed by atoms with E-state index in [4.69, 9.17) is 5.11 Å². The van der Waals surface area contributed by atoms with Gasteiger partial charge in [-0.25, -0.2) is 4.79 Å². The Morgan fingerprint density at radius 3 is 3.09 bits per heavy atom. The molecule has 0 bridgehead atoms. The standard InChI is InChI=1S/C15H13N3O3S/c19-13-5-14-18(13)7-10(9-22-14)6-16-3-4-17-11(8-16)1-2-12(17)15(20)21/h1-4,7-8,14H,5-6,9H2/p+1/t14-/m0/s1. The highest BCUT2D eigenvalue weighted by Crippen LogP contribution is 2.35. The van der Waals surface area contributed by atoms with Crippen molar-refractivity contribution in [3.63, 3.8) is 0 Å². The van der Waals surface area contributed by atoms with Gasteiger partial charge in [0.1, 0.15) is 11.2 Å². The average molecular weight is 316 g/mol. The molecule has 4 heterocycles. The summed E-state index contributed by atoms with van der Waals surface area (Å²) in [6.45, 7) is 0.702. The minimum atomic E-state index is -0.938. The lowest BCUT2D eigenvalue weighted by molar-refractivity contribution is -0.688. The minimum absolute atomic E-state index is 0.188. The van der Waals surface area contributed by atoms with Crippen LogP contribution in [0.1, 0.15) is 16.9 Å². The Morgan fingerprint density at radius 2 is 2.32 bits per heavy atom. The molecule has 2 aliphatic heterocycles. The number of aromatic carboxylic acids is 1. The van der Waals surface area contributed by atoms with Crippen LogP contribution in [0.4, 0.5) is 0 Å². The van der Waals surface area contributed by atoms with Crippen LogP contribution in [0, 0.1) is 0 Å². The Labute approximate surface area is 130 Å². The van der Waals surface area contributed by atoms with Crippen LogP contribution in [0.3, 0.4) is 0 Å². The van der Waals surface area contributed by atoms with Crippen LogP contribution in [-0.4, -0.2) is 37.4 Å². The molecule has 0 saturated carbocycles. The van der Waals surface area contributed by atoms with Crippen LogP contribution in [0.2, 0.25) is 0 Å². The van der Waals surface area contributed by atoms with Crippen molar-refractivity contribution < 1.29 is 19.3 Å². The molecule has 6 nitrogen and oxygen atoms in total. The van der Waals surface area contributed by atoms with E-state index in [1.807, 2.05) is 28.1 Å².